The Morgan fingerprint density at radius 1 is 1.25 bits per heavy atom. The molecule has 7 heteroatoms. The highest BCUT2D eigenvalue weighted by Gasteiger charge is 2.12. The lowest BCUT2D eigenvalue weighted by atomic mass is 10.1. The first-order valence-corrected chi connectivity index (χ1v) is 5.97. The number of fused-ring (bicyclic) bond motifs is 1. The van der Waals surface area contributed by atoms with Crippen molar-refractivity contribution in [3.63, 3.8) is 0 Å². The summed E-state index contributed by atoms with van der Waals surface area (Å²) in [4.78, 5) is 19.0. The van der Waals surface area contributed by atoms with E-state index in [9.17, 15) is 4.79 Å². The average Bonchev–Trinajstić information content (AvgIpc) is 2.84. The summed E-state index contributed by atoms with van der Waals surface area (Å²) in [5, 5.41) is 10.4. The maximum absolute atomic E-state index is 11.0. The molecule has 100 valence electrons. The summed E-state index contributed by atoms with van der Waals surface area (Å²) in [5.74, 6) is 0.270. The SMILES string of the molecule is CC(=O)Nc1ccc(-c2[nH]nc3ncnc(N)c23)cc1. The van der Waals surface area contributed by atoms with Crippen molar-refractivity contribution < 1.29 is 4.79 Å². The van der Waals surface area contributed by atoms with Gasteiger partial charge in [0.15, 0.2) is 5.65 Å². The molecule has 1 aromatic carbocycles. The highest BCUT2D eigenvalue weighted by Crippen LogP contribution is 2.28. The van der Waals surface area contributed by atoms with Crippen LogP contribution in [0, 0.1) is 0 Å². The quantitative estimate of drug-likeness (QED) is 0.653. The zero-order valence-electron chi connectivity index (χ0n) is 10.7. The second kappa shape index (κ2) is 4.61. The van der Waals surface area contributed by atoms with Crippen molar-refractivity contribution in [2.24, 2.45) is 0 Å². The van der Waals surface area contributed by atoms with E-state index in [0.717, 1.165) is 16.9 Å². The van der Waals surface area contributed by atoms with E-state index in [0.29, 0.717) is 16.9 Å². The standard InChI is InChI=1S/C13H12N6O/c1-7(20)17-9-4-2-8(3-5-9)11-10-12(14)15-6-16-13(10)19-18-11/h2-6H,1H3,(H,17,20)(H3,14,15,16,18,19). The van der Waals surface area contributed by atoms with Gasteiger partial charge >= 0.3 is 0 Å². The van der Waals surface area contributed by atoms with Gasteiger partial charge in [0.05, 0.1) is 11.1 Å². The molecule has 0 aliphatic carbocycles. The van der Waals surface area contributed by atoms with Crippen molar-refractivity contribution in [3.05, 3.63) is 30.6 Å². The molecule has 0 fully saturated rings. The van der Waals surface area contributed by atoms with Crippen LogP contribution in [0.15, 0.2) is 30.6 Å². The molecule has 0 saturated carbocycles. The third kappa shape index (κ3) is 2.05. The van der Waals surface area contributed by atoms with Crippen LogP contribution >= 0.6 is 0 Å². The number of nitrogens with zero attached hydrogens (tertiary/aromatic N) is 3. The zero-order valence-corrected chi connectivity index (χ0v) is 10.7. The van der Waals surface area contributed by atoms with E-state index in [1.54, 1.807) is 0 Å². The van der Waals surface area contributed by atoms with E-state index in [1.165, 1.54) is 13.3 Å². The number of benzene rings is 1. The summed E-state index contributed by atoms with van der Waals surface area (Å²) in [6, 6.07) is 7.35. The number of nitrogens with one attached hydrogen (secondary N) is 2. The number of amides is 1. The van der Waals surface area contributed by atoms with Gasteiger partial charge in [0, 0.05) is 18.2 Å². The minimum atomic E-state index is -0.109. The second-order valence-corrected chi connectivity index (χ2v) is 4.31. The molecule has 3 rings (SSSR count). The Labute approximate surface area is 114 Å². The van der Waals surface area contributed by atoms with Gasteiger partial charge in [-0.25, -0.2) is 9.97 Å². The molecule has 0 saturated heterocycles. The molecule has 0 spiro atoms. The van der Waals surface area contributed by atoms with Crippen LogP contribution in [0.5, 0.6) is 0 Å². The molecular weight excluding hydrogens is 256 g/mol. The number of nitrogens with two attached hydrogens (primary N) is 1. The largest absolute Gasteiger partial charge is 0.383 e. The summed E-state index contributed by atoms with van der Waals surface area (Å²) in [6.07, 6.45) is 1.38. The van der Waals surface area contributed by atoms with Gasteiger partial charge in [0.2, 0.25) is 5.91 Å². The van der Waals surface area contributed by atoms with E-state index in [4.69, 9.17) is 5.73 Å². The lowest BCUT2D eigenvalue weighted by Crippen LogP contribution is -2.05. The van der Waals surface area contributed by atoms with Gasteiger partial charge in [-0.05, 0) is 12.1 Å². The molecular formula is C13H12N6O. The van der Waals surface area contributed by atoms with Crippen LogP contribution in [0.25, 0.3) is 22.3 Å². The predicted molar refractivity (Wildman–Crippen MR) is 75.8 cm³/mol. The number of hydrogen-bond donors (Lipinski definition) is 3. The highest BCUT2D eigenvalue weighted by molar-refractivity contribution is 5.98. The van der Waals surface area contributed by atoms with Gasteiger partial charge in [-0.2, -0.15) is 5.10 Å². The van der Waals surface area contributed by atoms with Crippen LogP contribution < -0.4 is 11.1 Å². The molecule has 0 atom stereocenters. The smallest absolute Gasteiger partial charge is 0.221 e. The fourth-order valence-electron chi connectivity index (χ4n) is 2.01. The van der Waals surface area contributed by atoms with E-state index >= 15 is 0 Å². The summed E-state index contributed by atoms with van der Waals surface area (Å²) in [5.41, 5.74) is 8.77. The Bertz CT molecular complexity index is 777. The van der Waals surface area contributed by atoms with Gasteiger partial charge in [0.1, 0.15) is 12.1 Å². The summed E-state index contributed by atoms with van der Waals surface area (Å²) in [6.45, 7) is 1.47. The molecule has 3 aromatic rings. The molecule has 0 aliphatic heterocycles. The van der Waals surface area contributed by atoms with Crippen molar-refractivity contribution in [2.45, 2.75) is 6.92 Å². The van der Waals surface area contributed by atoms with Crippen molar-refractivity contribution in [3.8, 4) is 11.3 Å². The number of H-pyrrole nitrogens is 1. The Morgan fingerprint density at radius 2 is 2.00 bits per heavy atom. The number of carbonyl (C=O) groups is 1. The first kappa shape index (κ1) is 12.1. The number of carbonyl (C=O) groups excluding carboxylic acids is 1. The van der Waals surface area contributed by atoms with Crippen LogP contribution in [0.1, 0.15) is 6.92 Å². The number of aromatic nitrogens is 4. The predicted octanol–water partition coefficient (Wildman–Crippen LogP) is 1.56. The molecule has 2 aromatic heterocycles. The number of hydrogen-bond acceptors (Lipinski definition) is 5. The van der Waals surface area contributed by atoms with E-state index in [2.05, 4.69) is 25.5 Å². The summed E-state index contributed by atoms with van der Waals surface area (Å²) in [7, 11) is 0. The Hall–Kier alpha value is -2.96. The average molecular weight is 268 g/mol. The first-order chi connectivity index (χ1) is 9.65. The topological polar surface area (TPSA) is 110 Å². The number of nitrogen functional groups attached to an aromatic ring is 1. The van der Waals surface area contributed by atoms with Crippen molar-refractivity contribution >= 4 is 28.4 Å². The van der Waals surface area contributed by atoms with E-state index < -0.39 is 0 Å². The lowest BCUT2D eigenvalue weighted by molar-refractivity contribution is -0.114. The van der Waals surface area contributed by atoms with Crippen LogP contribution in [0.2, 0.25) is 0 Å². The van der Waals surface area contributed by atoms with E-state index in [1.807, 2.05) is 24.3 Å². The van der Waals surface area contributed by atoms with Crippen molar-refractivity contribution in [2.75, 3.05) is 11.1 Å². The first-order valence-electron chi connectivity index (χ1n) is 5.97. The van der Waals surface area contributed by atoms with Crippen LogP contribution in [-0.2, 0) is 4.79 Å². The molecule has 0 radical (unpaired) electrons. The lowest BCUT2D eigenvalue weighted by Gasteiger charge is -2.04. The van der Waals surface area contributed by atoms with E-state index in [-0.39, 0.29) is 5.91 Å². The van der Waals surface area contributed by atoms with Crippen molar-refractivity contribution in [1.29, 1.82) is 0 Å². The van der Waals surface area contributed by atoms with Gasteiger partial charge in [-0.15, -0.1) is 0 Å². The minimum Gasteiger partial charge on any atom is -0.383 e. The molecule has 0 aliphatic rings. The number of rotatable bonds is 2. The molecule has 7 nitrogen and oxygen atoms in total. The van der Waals surface area contributed by atoms with Crippen LogP contribution in [0.4, 0.5) is 11.5 Å². The van der Waals surface area contributed by atoms with Gasteiger partial charge in [0.25, 0.3) is 0 Å². The minimum absolute atomic E-state index is 0.109. The summed E-state index contributed by atoms with van der Waals surface area (Å²) < 4.78 is 0. The normalized spacial score (nSPS) is 10.7. The summed E-state index contributed by atoms with van der Waals surface area (Å²) >= 11 is 0. The molecule has 0 unspecified atom stereocenters. The van der Waals surface area contributed by atoms with Crippen LogP contribution in [0.3, 0.4) is 0 Å². The number of aromatic amines is 1. The maximum Gasteiger partial charge on any atom is 0.221 e. The van der Waals surface area contributed by atoms with Crippen molar-refractivity contribution in [1.82, 2.24) is 20.2 Å². The fraction of sp³-hybridized carbons (Fsp3) is 0.0769. The Morgan fingerprint density at radius 3 is 2.70 bits per heavy atom. The van der Waals surface area contributed by atoms with Gasteiger partial charge in [-0.1, -0.05) is 12.1 Å². The zero-order chi connectivity index (χ0) is 14.1. The second-order valence-electron chi connectivity index (χ2n) is 4.31. The molecule has 2 heterocycles. The Balaban J connectivity index is 2.05. The third-order valence-corrected chi connectivity index (χ3v) is 2.87. The monoisotopic (exact) mass is 268 g/mol. The van der Waals surface area contributed by atoms with Gasteiger partial charge < -0.3 is 11.1 Å². The van der Waals surface area contributed by atoms with Gasteiger partial charge in [-0.3, -0.25) is 9.89 Å². The molecule has 1 amide bonds. The fourth-order valence-corrected chi connectivity index (χ4v) is 2.01. The molecule has 4 N–H and O–H groups in total. The molecule has 20 heavy (non-hydrogen) atoms. The van der Waals surface area contributed by atoms with Crippen LogP contribution in [-0.4, -0.2) is 26.1 Å². The third-order valence-electron chi connectivity index (χ3n) is 2.87. The molecule has 0 bridgehead atoms. The maximum atomic E-state index is 11.0. The Kier molecular flexibility index (Phi) is 2.79. The highest BCUT2D eigenvalue weighted by atomic mass is 16.1. The number of anilines is 2.